The van der Waals surface area contributed by atoms with Crippen LogP contribution in [0.2, 0.25) is 0 Å². The first kappa shape index (κ1) is 24.6. The van der Waals surface area contributed by atoms with E-state index in [0.717, 1.165) is 11.3 Å². The maximum absolute atomic E-state index is 12.9. The maximum atomic E-state index is 12.9. The number of benzene rings is 2. The van der Waals surface area contributed by atoms with Gasteiger partial charge in [0.1, 0.15) is 5.75 Å². The number of hydrogen-bond donors (Lipinski definition) is 0. The van der Waals surface area contributed by atoms with Crippen molar-refractivity contribution >= 4 is 18.0 Å². The Bertz CT molecular complexity index is 1170. The molecule has 0 aliphatic rings. The van der Waals surface area contributed by atoms with Crippen molar-refractivity contribution in [1.29, 1.82) is 0 Å². The van der Waals surface area contributed by atoms with Gasteiger partial charge in [0, 0.05) is 25.0 Å². The molecule has 0 saturated carbocycles. The average molecular weight is 464 g/mol. The lowest BCUT2D eigenvalue weighted by molar-refractivity contribution is -0.149. The van der Waals surface area contributed by atoms with Crippen LogP contribution in [0.4, 0.5) is 0 Å². The smallest absolute Gasteiger partial charge is 0.355 e. The van der Waals surface area contributed by atoms with Crippen LogP contribution in [0.15, 0.2) is 66.9 Å². The number of esters is 2. The number of aromatic nitrogens is 1. The van der Waals surface area contributed by atoms with Gasteiger partial charge in [0.2, 0.25) is 5.60 Å². The molecule has 0 N–H and O–H groups in total. The van der Waals surface area contributed by atoms with Crippen molar-refractivity contribution in [2.45, 2.75) is 26.4 Å². The molecule has 178 valence electrons. The first-order valence-corrected chi connectivity index (χ1v) is 10.9. The molecule has 0 radical (unpaired) electrons. The van der Waals surface area contributed by atoms with Gasteiger partial charge >= 0.3 is 11.9 Å². The molecular formula is C27H29NO6. The Morgan fingerprint density at radius 2 is 1.76 bits per heavy atom. The zero-order chi connectivity index (χ0) is 24.7. The number of hydrogen-bond acceptors (Lipinski definition) is 6. The van der Waals surface area contributed by atoms with E-state index in [4.69, 9.17) is 18.9 Å². The first-order valence-electron chi connectivity index (χ1n) is 10.9. The normalized spacial score (nSPS) is 11.3. The summed E-state index contributed by atoms with van der Waals surface area (Å²) < 4.78 is 23.8. The van der Waals surface area contributed by atoms with Crippen molar-refractivity contribution < 1.29 is 28.5 Å². The Kier molecular flexibility index (Phi) is 7.79. The quantitative estimate of drug-likeness (QED) is 0.251. The van der Waals surface area contributed by atoms with Crippen molar-refractivity contribution in [3.63, 3.8) is 0 Å². The fourth-order valence-corrected chi connectivity index (χ4v) is 3.24. The highest BCUT2D eigenvalue weighted by atomic mass is 16.6. The van der Waals surface area contributed by atoms with Crippen LogP contribution in [-0.4, -0.2) is 35.8 Å². The van der Waals surface area contributed by atoms with Gasteiger partial charge in [-0.15, -0.1) is 0 Å². The van der Waals surface area contributed by atoms with Gasteiger partial charge < -0.3 is 23.5 Å². The lowest BCUT2D eigenvalue weighted by Gasteiger charge is -2.24. The van der Waals surface area contributed by atoms with Crippen molar-refractivity contribution in [1.82, 2.24) is 4.57 Å². The van der Waals surface area contributed by atoms with Crippen LogP contribution >= 0.6 is 0 Å². The lowest BCUT2D eigenvalue weighted by atomic mass is 10.1. The number of aryl methyl sites for hydroxylation is 1. The summed E-state index contributed by atoms with van der Waals surface area (Å²) in [5, 5.41) is 0. The Labute approximate surface area is 199 Å². The number of carbonyl (C=O) groups is 2. The summed E-state index contributed by atoms with van der Waals surface area (Å²) in [5.41, 5.74) is 1.57. The number of carbonyl (C=O) groups excluding carboxylic acids is 2. The van der Waals surface area contributed by atoms with Crippen LogP contribution in [0.25, 0.3) is 17.3 Å². The van der Waals surface area contributed by atoms with Crippen LogP contribution in [0.1, 0.15) is 26.3 Å². The van der Waals surface area contributed by atoms with Gasteiger partial charge in [-0.25, -0.2) is 9.59 Å². The third kappa shape index (κ3) is 6.07. The minimum atomic E-state index is -1.25. The van der Waals surface area contributed by atoms with Crippen LogP contribution in [0.5, 0.6) is 17.2 Å². The van der Waals surface area contributed by atoms with E-state index >= 15 is 0 Å². The molecule has 1 heterocycles. The molecule has 0 atom stereocenters. The summed E-state index contributed by atoms with van der Waals surface area (Å²) in [6.07, 6.45) is 4.90. The number of methoxy groups -OCH3 is 1. The van der Waals surface area contributed by atoms with E-state index in [9.17, 15) is 9.59 Å². The number of rotatable bonds is 9. The van der Waals surface area contributed by atoms with Gasteiger partial charge in [0.25, 0.3) is 0 Å². The van der Waals surface area contributed by atoms with Crippen molar-refractivity contribution in [2.75, 3.05) is 13.7 Å². The summed E-state index contributed by atoms with van der Waals surface area (Å²) in [5.74, 6) is 0.129. The lowest BCUT2D eigenvalue weighted by Crippen LogP contribution is -2.41. The predicted molar refractivity (Wildman–Crippen MR) is 130 cm³/mol. The Balaban J connectivity index is 1.69. The van der Waals surface area contributed by atoms with Gasteiger partial charge in [0.05, 0.1) is 13.7 Å². The fourth-order valence-electron chi connectivity index (χ4n) is 3.24. The summed E-state index contributed by atoms with van der Waals surface area (Å²) in [6.45, 7) is 5.33. The second-order valence-electron chi connectivity index (χ2n) is 8.03. The van der Waals surface area contributed by atoms with Gasteiger partial charge in [0.15, 0.2) is 11.5 Å². The molecule has 1 aromatic heterocycles. The molecule has 0 aliphatic carbocycles. The fraction of sp³-hybridized carbons (Fsp3) is 0.259. The van der Waals surface area contributed by atoms with Gasteiger partial charge in [-0.3, -0.25) is 0 Å². The molecule has 0 aliphatic heterocycles. The molecule has 0 spiro atoms. The molecule has 0 fully saturated rings. The molecule has 7 heteroatoms. The zero-order valence-corrected chi connectivity index (χ0v) is 20.0. The van der Waals surface area contributed by atoms with Crippen molar-refractivity contribution in [3.8, 4) is 28.5 Å². The monoisotopic (exact) mass is 463 g/mol. The summed E-state index contributed by atoms with van der Waals surface area (Å²) >= 11 is 0. The summed E-state index contributed by atoms with van der Waals surface area (Å²) in [4.78, 5) is 24.4. The van der Waals surface area contributed by atoms with E-state index in [0.29, 0.717) is 23.7 Å². The van der Waals surface area contributed by atoms with E-state index in [1.165, 1.54) is 13.2 Å². The van der Waals surface area contributed by atoms with Gasteiger partial charge in [-0.1, -0.05) is 6.07 Å². The Hall–Kier alpha value is -4.00. The molecular weight excluding hydrogens is 434 g/mol. The molecule has 2 aromatic carbocycles. The second-order valence-corrected chi connectivity index (χ2v) is 8.03. The van der Waals surface area contributed by atoms with Crippen LogP contribution in [0, 0.1) is 0 Å². The third-order valence-electron chi connectivity index (χ3n) is 5.05. The van der Waals surface area contributed by atoms with Gasteiger partial charge in [-0.05, 0) is 86.5 Å². The van der Waals surface area contributed by atoms with E-state index in [-0.39, 0.29) is 5.75 Å². The largest absolute Gasteiger partial charge is 0.493 e. The second kappa shape index (κ2) is 10.7. The third-order valence-corrected chi connectivity index (χ3v) is 5.05. The SMILES string of the molecule is CCOC(=O)/C=C/c1ccc(OC(=O)C(C)(C)Oc2ccc(-c3cccn3C)cc2)c(OC)c1. The highest BCUT2D eigenvalue weighted by molar-refractivity contribution is 5.87. The Morgan fingerprint density at radius 3 is 2.38 bits per heavy atom. The molecule has 0 unspecified atom stereocenters. The highest BCUT2D eigenvalue weighted by Gasteiger charge is 2.33. The van der Waals surface area contributed by atoms with E-state index in [1.807, 2.05) is 54.2 Å². The van der Waals surface area contributed by atoms with Crippen LogP contribution in [0.3, 0.4) is 0 Å². The standard InChI is InChI=1S/C27H29NO6/c1-6-32-25(29)16-10-19-9-15-23(24(18-19)31-5)33-26(30)27(2,3)34-21-13-11-20(12-14-21)22-8-7-17-28(22)4/h7-18H,6H2,1-5H3/b16-10+. The maximum Gasteiger partial charge on any atom is 0.355 e. The number of nitrogens with zero attached hydrogens (tertiary/aromatic N) is 1. The van der Waals surface area contributed by atoms with E-state index in [2.05, 4.69) is 0 Å². The van der Waals surface area contributed by atoms with E-state index < -0.39 is 17.5 Å². The predicted octanol–water partition coefficient (Wildman–Crippen LogP) is 5.04. The molecule has 7 nitrogen and oxygen atoms in total. The zero-order valence-electron chi connectivity index (χ0n) is 20.0. The Morgan fingerprint density at radius 1 is 1.03 bits per heavy atom. The molecule has 3 rings (SSSR count). The number of ether oxygens (including phenoxy) is 4. The molecule has 0 saturated heterocycles. The highest BCUT2D eigenvalue weighted by Crippen LogP contribution is 2.31. The van der Waals surface area contributed by atoms with Crippen LogP contribution < -0.4 is 14.2 Å². The first-order chi connectivity index (χ1) is 16.2. The van der Waals surface area contributed by atoms with Gasteiger partial charge in [-0.2, -0.15) is 0 Å². The summed E-state index contributed by atoms with van der Waals surface area (Å²) in [7, 11) is 3.46. The molecule has 0 amide bonds. The minimum absolute atomic E-state index is 0.247. The van der Waals surface area contributed by atoms with E-state index in [1.54, 1.807) is 45.0 Å². The molecule has 34 heavy (non-hydrogen) atoms. The average Bonchev–Trinajstić information content (AvgIpc) is 3.24. The van der Waals surface area contributed by atoms with Crippen molar-refractivity contribution in [3.05, 3.63) is 72.4 Å². The molecule has 3 aromatic rings. The minimum Gasteiger partial charge on any atom is -0.493 e. The topological polar surface area (TPSA) is 76.0 Å². The summed E-state index contributed by atoms with van der Waals surface area (Å²) in [6, 6.07) is 16.5. The van der Waals surface area contributed by atoms with Crippen molar-refractivity contribution in [2.24, 2.45) is 7.05 Å². The van der Waals surface area contributed by atoms with Crippen LogP contribution in [-0.2, 0) is 21.4 Å². The molecule has 0 bridgehead atoms.